The third kappa shape index (κ3) is 2.62. The fraction of sp³-hybridized carbons (Fsp3) is 0.143. The number of nitrogens with one attached hydrogen (secondary N) is 1. The molecule has 1 nitrogen and oxygen atoms in total. The summed E-state index contributed by atoms with van der Waals surface area (Å²) in [7, 11) is 0. The summed E-state index contributed by atoms with van der Waals surface area (Å²) in [6, 6.07) is 10.4. The van der Waals surface area contributed by atoms with Crippen molar-refractivity contribution in [2.24, 2.45) is 0 Å². The molecule has 0 aliphatic rings. The molecule has 0 spiro atoms. The Morgan fingerprint density at radius 1 is 1.00 bits per heavy atom. The van der Waals surface area contributed by atoms with Gasteiger partial charge in [0.1, 0.15) is 11.6 Å². The number of anilines is 1. The van der Waals surface area contributed by atoms with Gasteiger partial charge in [0.05, 0.1) is 16.8 Å². The summed E-state index contributed by atoms with van der Waals surface area (Å²) in [5.41, 5.74) is 0.659. The highest BCUT2D eigenvalue weighted by molar-refractivity contribution is 6.33. The summed E-state index contributed by atoms with van der Waals surface area (Å²) in [6.45, 7) is 1.75. The van der Waals surface area contributed by atoms with Crippen LogP contribution < -0.4 is 5.32 Å². The fourth-order valence-corrected chi connectivity index (χ4v) is 1.97. The second kappa shape index (κ2) is 5.36. The van der Waals surface area contributed by atoms with Crippen LogP contribution in [0, 0.1) is 11.6 Å². The molecule has 18 heavy (non-hydrogen) atoms. The molecule has 0 fully saturated rings. The molecule has 2 rings (SSSR count). The molecule has 0 saturated heterocycles. The zero-order chi connectivity index (χ0) is 13.1. The van der Waals surface area contributed by atoms with Gasteiger partial charge in [-0.15, -0.1) is 0 Å². The quantitative estimate of drug-likeness (QED) is 0.843. The molecule has 94 valence electrons. The van der Waals surface area contributed by atoms with E-state index in [9.17, 15) is 8.78 Å². The van der Waals surface area contributed by atoms with E-state index in [1.807, 2.05) is 0 Å². The topological polar surface area (TPSA) is 12.0 Å². The Morgan fingerprint density at radius 3 is 2.33 bits per heavy atom. The van der Waals surface area contributed by atoms with Gasteiger partial charge in [0.15, 0.2) is 0 Å². The molecule has 0 heterocycles. The van der Waals surface area contributed by atoms with E-state index >= 15 is 0 Å². The van der Waals surface area contributed by atoms with Crippen molar-refractivity contribution in [1.82, 2.24) is 0 Å². The van der Waals surface area contributed by atoms with Crippen LogP contribution in [-0.4, -0.2) is 0 Å². The van der Waals surface area contributed by atoms with E-state index in [0.717, 1.165) is 0 Å². The molecule has 1 N–H and O–H groups in total. The van der Waals surface area contributed by atoms with Crippen molar-refractivity contribution in [3.05, 3.63) is 64.7 Å². The van der Waals surface area contributed by atoms with Crippen molar-refractivity contribution in [1.29, 1.82) is 0 Å². The summed E-state index contributed by atoms with van der Waals surface area (Å²) in [4.78, 5) is 0. The lowest BCUT2D eigenvalue weighted by molar-refractivity contribution is 0.596. The van der Waals surface area contributed by atoms with Crippen LogP contribution in [0.4, 0.5) is 14.5 Å². The first kappa shape index (κ1) is 12.8. The highest BCUT2D eigenvalue weighted by Crippen LogP contribution is 2.29. The lowest BCUT2D eigenvalue weighted by atomic mass is 10.1. The van der Waals surface area contributed by atoms with Crippen LogP contribution in [0.3, 0.4) is 0 Å². The van der Waals surface area contributed by atoms with Gasteiger partial charge < -0.3 is 5.32 Å². The zero-order valence-electron chi connectivity index (χ0n) is 9.75. The Morgan fingerprint density at radius 2 is 1.67 bits per heavy atom. The monoisotopic (exact) mass is 267 g/mol. The third-order valence-electron chi connectivity index (χ3n) is 2.70. The molecule has 0 aliphatic heterocycles. The van der Waals surface area contributed by atoms with Crippen LogP contribution in [0.15, 0.2) is 42.5 Å². The molecule has 0 bridgehead atoms. The second-order valence-corrected chi connectivity index (χ2v) is 4.39. The minimum atomic E-state index is -0.453. The second-order valence-electron chi connectivity index (χ2n) is 3.98. The maximum absolute atomic E-state index is 13.6. The number of halogens is 3. The van der Waals surface area contributed by atoms with Crippen molar-refractivity contribution < 1.29 is 8.78 Å². The van der Waals surface area contributed by atoms with Crippen LogP contribution in [0.25, 0.3) is 0 Å². The molecular weight excluding hydrogens is 256 g/mol. The SMILES string of the molecule is CC(Nc1c(F)cccc1Cl)c1ccccc1F. The maximum Gasteiger partial charge on any atom is 0.147 e. The van der Waals surface area contributed by atoms with Gasteiger partial charge in [-0.3, -0.25) is 0 Å². The number of hydrogen-bond acceptors (Lipinski definition) is 1. The van der Waals surface area contributed by atoms with Crippen LogP contribution in [0.1, 0.15) is 18.5 Å². The minimum Gasteiger partial charge on any atom is -0.375 e. The molecule has 0 aliphatic carbocycles. The molecular formula is C14H12ClF2N. The first-order chi connectivity index (χ1) is 8.59. The van der Waals surface area contributed by atoms with Crippen molar-refractivity contribution in [2.75, 3.05) is 5.32 Å². The highest BCUT2D eigenvalue weighted by Gasteiger charge is 2.14. The molecule has 0 saturated carbocycles. The van der Waals surface area contributed by atoms with Gasteiger partial charge in [-0.2, -0.15) is 0 Å². The molecule has 1 unspecified atom stereocenters. The average Bonchev–Trinajstić information content (AvgIpc) is 2.34. The average molecular weight is 268 g/mol. The zero-order valence-corrected chi connectivity index (χ0v) is 10.5. The minimum absolute atomic E-state index is 0.190. The number of benzene rings is 2. The third-order valence-corrected chi connectivity index (χ3v) is 3.01. The highest BCUT2D eigenvalue weighted by atomic mass is 35.5. The molecule has 4 heteroatoms. The van der Waals surface area contributed by atoms with Gasteiger partial charge in [0.2, 0.25) is 0 Å². The predicted molar refractivity (Wildman–Crippen MR) is 69.8 cm³/mol. The van der Waals surface area contributed by atoms with Crippen LogP contribution in [-0.2, 0) is 0 Å². The molecule has 2 aromatic rings. The lowest BCUT2D eigenvalue weighted by Crippen LogP contribution is -2.10. The van der Waals surface area contributed by atoms with Crippen LogP contribution >= 0.6 is 11.6 Å². The van der Waals surface area contributed by atoms with Gasteiger partial charge in [0.25, 0.3) is 0 Å². The summed E-state index contributed by atoms with van der Waals surface area (Å²) >= 11 is 5.90. The summed E-state index contributed by atoms with van der Waals surface area (Å²) in [5.74, 6) is -0.782. The van der Waals surface area contributed by atoms with Gasteiger partial charge in [0, 0.05) is 5.56 Å². The van der Waals surface area contributed by atoms with Crippen molar-refractivity contribution >= 4 is 17.3 Å². The first-order valence-electron chi connectivity index (χ1n) is 5.54. The normalized spacial score (nSPS) is 12.2. The Hall–Kier alpha value is -1.61. The largest absolute Gasteiger partial charge is 0.375 e. The predicted octanol–water partition coefficient (Wildman–Crippen LogP) is 4.79. The summed E-state index contributed by atoms with van der Waals surface area (Å²) in [6.07, 6.45) is 0. The first-order valence-corrected chi connectivity index (χ1v) is 5.92. The van der Waals surface area contributed by atoms with E-state index in [-0.39, 0.29) is 22.6 Å². The Bertz CT molecular complexity index is 537. The Balaban J connectivity index is 2.27. The molecule has 0 radical (unpaired) electrons. The number of rotatable bonds is 3. The van der Waals surface area contributed by atoms with E-state index in [2.05, 4.69) is 5.32 Å². The van der Waals surface area contributed by atoms with Gasteiger partial charge in [-0.1, -0.05) is 35.9 Å². The van der Waals surface area contributed by atoms with Crippen LogP contribution in [0.5, 0.6) is 0 Å². The molecule has 0 aromatic heterocycles. The van der Waals surface area contributed by atoms with Gasteiger partial charge >= 0.3 is 0 Å². The number of para-hydroxylation sites is 1. The van der Waals surface area contributed by atoms with E-state index in [0.29, 0.717) is 5.56 Å². The van der Waals surface area contributed by atoms with Crippen molar-refractivity contribution in [2.45, 2.75) is 13.0 Å². The van der Waals surface area contributed by atoms with E-state index < -0.39 is 5.82 Å². The smallest absolute Gasteiger partial charge is 0.147 e. The molecule has 0 amide bonds. The van der Waals surface area contributed by atoms with E-state index in [1.165, 1.54) is 18.2 Å². The van der Waals surface area contributed by atoms with Crippen molar-refractivity contribution in [3.63, 3.8) is 0 Å². The summed E-state index contributed by atoms with van der Waals surface area (Å²) < 4.78 is 27.2. The lowest BCUT2D eigenvalue weighted by Gasteiger charge is -2.17. The molecule has 2 aromatic carbocycles. The summed E-state index contributed by atoms with van der Waals surface area (Å²) in [5, 5.41) is 3.16. The Kier molecular flexibility index (Phi) is 3.82. The van der Waals surface area contributed by atoms with Crippen LogP contribution in [0.2, 0.25) is 5.02 Å². The van der Waals surface area contributed by atoms with Crippen molar-refractivity contribution in [3.8, 4) is 0 Å². The molecule has 1 atom stereocenters. The van der Waals surface area contributed by atoms with Gasteiger partial charge in [-0.05, 0) is 25.1 Å². The standard InChI is InChI=1S/C14H12ClF2N/c1-9(10-5-2-3-7-12(10)16)18-14-11(15)6-4-8-13(14)17/h2-9,18H,1H3. The maximum atomic E-state index is 13.6. The van der Waals surface area contributed by atoms with Gasteiger partial charge in [-0.25, -0.2) is 8.78 Å². The Labute approximate surface area is 109 Å². The van der Waals surface area contributed by atoms with E-state index in [4.69, 9.17) is 11.6 Å². The fourth-order valence-electron chi connectivity index (χ4n) is 1.76. The number of hydrogen-bond donors (Lipinski definition) is 1. The van der Waals surface area contributed by atoms with E-state index in [1.54, 1.807) is 31.2 Å².